The minimum Gasteiger partial charge on any atom is -0.301 e. The second-order valence-electron chi connectivity index (χ2n) is 4.78. The van der Waals surface area contributed by atoms with Crippen molar-refractivity contribution >= 4 is 61.0 Å². The molecule has 0 aliphatic rings. The molecule has 1 N–H and O–H groups in total. The van der Waals surface area contributed by atoms with Crippen LogP contribution in [0, 0.1) is 0 Å². The summed E-state index contributed by atoms with van der Waals surface area (Å²) in [6.45, 7) is 2.37. The number of halogens is 1. The number of benzene rings is 1. The number of fused-ring (bicyclic) bond motifs is 1. The molecule has 9 heteroatoms. The van der Waals surface area contributed by atoms with Crippen LogP contribution in [0.25, 0.3) is 10.9 Å². The molecule has 2 heterocycles. The van der Waals surface area contributed by atoms with Gasteiger partial charge in [0.05, 0.1) is 16.7 Å². The molecule has 24 heavy (non-hydrogen) atoms. The van der Waals surface area contributed by atoms with Gasteiger partial charge in [-0.1, -0.05) is 27.7 Å². The maximum Gasteiger partial charge on any atom is 0.262 e. The average molecular weight is 425 g/mol. The number of hydrogen-bond acceptors (Lipinski definition) is 6. The molecule has 0 saturated carbocycles. The van der Waals surface area contributed by atoms with Crippen LogP contribution < -0.4 is 10.9 Å². The molecule has 2 aromatic heterocycles. The SMILES string of the molecule is CCn1c(SCC(=O)Nc2nccs2)nc2ccc(Br)cc2c1=O. The zero-order valence-electron chi connectivity index (χ0n) is 12.7. The second-order valence-corrected chi connectivity index (χ2v) is 7.53. The summed E-state index contributed by atoms with van der Waals surface area (Å²) in [7, 11) is 0. The molecule has 3 aromatic rings. The van der Waals surface area contributed by atoms with Crippen LogP contribution in [0.4, 0.5) is 5.13 Å². The van der Waals surface area contributed by atoms with Gasteiger partial charge in [0.25, 0.3) is 5.56 Å². The Kier molecular flexibility index (Phi) is 5.32. The molecule has 0 spiro atoms. The Morgan fingerprint density at radius 2 is 2.29 bits per heavy atom. The van der Waals surface area contributed by atoms with E-state index in [-0.39, 0.29) is 17.2 Å². The van der Waals surface area contributed by atoms with Gasteiger partial charge < -0.3 is 5.32 Å². The predicted molar refractivity (Wildman–Crippen MR) is 101 cm³/mol. The van der Waals surface area contributed by atoms with Gasteiger partial charge in [0.2, 0.25) is 5.91 Å². The van der Waals surface area contributed by atoms with E-state index < -0.39 is 0 Å². The second kappa shape index (κ2) is 7.45. The van der Waals surface area contributed by atoms with Crippen molar-refractivity contribution in [2.45, 2.75) is 18.6 Å². The number of nitrogens with zero attached hydrogens (tertiary/aromatic N) is 3. The highest BCUT2D eigenvalue weighted by atomic mass is 79.9. The molecule has 0 saturated heterocycles. The normalized spacial score (nSPS) is 10.9. The molecular weight excluding hydrogens is 412 g/mol. The first-order valence-electron chi connectivity index (χ1n) is 7.10. The summed E-state index contributed by atoms with van der Waals surface area (Å²) in [6.07, 6.45) is 1.63. The van der Waals surface area contributed by atoms with Crippen LogP contribution in [-0.2, 0) is 11.3 Å². The number of rotatable bonds is 5. The zero-order valence-corrected chi connectivity index (χ0v) is 15.9. The van der Waals surface area contributed by atoms with E-state index >= 15 is 0 Å². The number of thioether (sulfide) groups is 1. The summed E-state index contributed by atoms with van der Waals surface area (Å²) in [5.41, 5.74) is 0.516. The average Bonchev–Trinajstić information content (AvgIpc) is 3.06. The quantitative estimate of drug-likeness (QED) is 0.501. The van der Waals surface area contributed by atoms with Crippen molar-refractivity contribution in [3.05, 3.63) is 44.6 Å². The highest BCUT2D eigenvalue weighted by Crippen LogP contribution is 2.21. The summed E-state index contributed by atoms with van der Waals surface area (Å²) >= 11 is 5.97. The standard InChI is InChI=1S/C15H13BrN4O2S2/c1-2-20-13(22)10-7-9(16)3-4-11(10)18-15(20)24-8-12(21)19-14-17-5-6-23-14/h3-7H,2,8H2,1H3,(H,17,19,21). The Hall–Kier alpha value is -1.71. The number of amides is 1. The summed E-state index contributed by atoms with van der Waals surface area (Å²) in [4.78, 5) is 33.1. The maximum absolute atomic E-state index is 12.6. The van der Waals surface area contributed by atoms with Gasteiger partial charge in [-0.25, -0.2) is 9.97 Å². The molecule has 6 nitrogen and oxygen atoms in total. The molecule has 0 bridgehead atoms. The van der Waals surface area contributed by atoms with Crippen LogP contribution >= 0.6 is 39.0 Å². The van der Waals surface area contributed by atoms with Crippen molar-refractivity contribution in [1.82, 2.24) is 14.5 Å². The largest absolute Gasteiger partial charge is 0.301 e. The molecule has 0 aliphatic carbocycles. The van der Waals surface area contributed by atoms with E-state index in [2.05, 4.69) is 31.2 Å². The third-order valence-electron chi connectivity index (χ3n) is 3.21. The molecule has 124 valence electrons. The zero-order chi connectivity index (χ0) is 17.1. The Bertz CT molecular complexity index is 941. The first kappa shape index (κ1) is 17.1. The smallest absolute Gasteiger partial charge is 0.262 e. The highest BCUT2D eigenvalue weighted by molar-refractivity contribution is 9.10. The van der Waals surface area contributed by atoms with Crippen molar-refractivity contribution < 1.29 is 4.79 Å². The van der Waals surface area contributed by atoms with Crippen LogP contribution in [0.3, 0.4) is 0 Å². The number of hydrogen-bond donors (Lipinski definition) is 1. The fourth-order valence-corrected chi connectivity index (χ4v) is 3.90. The number of aromatic nitrogens is 3. The van der Waals surface area contributed by atoms with E-state index in [9.17, 15) is 9.59 Å². The van der Waals surface area contributed by atoms with Crippen LogP contribution in [0.5, 0.6) is 0 Å². The lowest BCUT2D eigenvalue weighted by molar-refractivity contribution is -0.113. The van der Waals surface area contributed by atoms with Crippen LogP contribution in [0.2, 0.25) is 0 Å². The van der Waals surface area contributed by atoms with Crippen LogP contribution in [0.15, 0.2) is 44.2 Å². The van der Waals surface area contributed by atoms with E-state index in [1.165, 1.54) is 23.1 Å². The number of nitrogens with one attached hydrogen (secondary N) is 1. The topological polar surface area (TPSA) is 76.9 Å². The number of carbonyl (C=O) groups excluding carboxylic acids is 1. The Balaban J connectivity index is 1.84. The molecule has 0 unspecified atom stereocenters. The Labute approximate surface area is 154 Å². The molecule has 0 aliphatic heterocycles. The van der Waals surface area contributed by atoms with E-state index in [0.29, 0.717) is 27.7 Å². The molecule has 1 amide bonds. The first-order chi connectivity index (χ1) is 11.6. The minimum atomic E-state index is -0.178. The van der Waals surface area contributed by atoms with Crippen molar-refractivity contribution in [3.8, 4) is 0 Å². The number of thiazole rings is 1. The van der Waals surface area contributed by atoms with Crippen LogP contribution in [-0.4, -0.2) is 26.2 Å². The van der Waals surface area contributed by atoms with Gasteiger partial charge in [-0.15, -0.1) is 11.3 Å². The lowest BCUT2D eigenvalue weighted by atomic mass is 10.2. The third kappa shape index (κ3) is 3.68. The maximum atomic E-state index is 12.6. The molecular formula is C15H13BrN4O2S2. The molecule has 0 radical (unpaired) electrons. The summed E-state index contributed by atoms with van der Waals surface area (Å²) in [5.74, 6) is -0.0172. The third-order valence-corrected chi connectivity index (χ3v) is 5.37. The highest BCUT2D eigenvalue weighted by Gasteiger charge is 2.13. The van der Waals surface area contributed by atoms with Gasteiger partial charge in [0.1, 0.15) is 0 Å². The van der Waals surface area contributed by atoms with Crippen molar-refractivity contribution in [1.29, 1.82) is 0 Å². The monoisotopic (exact) mass is 424 g/mol. The van der Waals surface area contributed by atoms with Gasteiger partial charge in [0.15, 0.2) is 10.3 Å². The Morgan fingerprint density at radius 1 is 1.46 bits per heavy atom. The molecule has 0 fully saturated rings. The molecule has 3 rings (SSSR count). The van der Waals surface area contributed by atoms with E-state index in [1.54, 1.807) is 28.3 Å². The van der Waals surface area contributed by atoms with E-state index in [1.807, 2.05) is 13.0 Å². The fraction of sp³-hybridized carbons (Fsp3) is 0.200. The minimum absolute atomic E-state index is 0.105. The van der Waals surface area contributed by atoms with Crippen LogP contribution in [0.1, 0.15) is 6.92 Å². The van der Waals surface area contributed by atoms with Crippen molar-refractivity contribution in [2.75, 3.05) is 11.1 Å². The van der Waals surface area contributed by atoms with Gasteiger partial charge in [-0.2, -0.15) is 0 Å². The number of carbonyl (C=O) groups is 1. The van der Waals surface area contributed by atoms with Gasteiger partial charge in [-0.3, -0.25) is 14.2 Å². The lowest BCUT2D eigenvalue weighted by Gasteiger charge is -2.11. The lowest BCUT2D eigenvalue weighted by Crippen LogP contribution is -2.23. The molecule has 1 aromatic carbocycles. The van der Waals surface area contributed by atoms with E-state index in [0.717, 1.165) is 4.47 Å². The molecule has 0 atom stereocenters. The van der Waals surface area contributed by atoms with Gasteiger partial charge >= 0.3 is 0 Å². The van der Waals surface area contributed by atoms with E-state index in [4.69, 9.17) is 0 Å². The summed E-state index contributed by atoms with van der Waals surface area (Å²) in [6, 6.07) is 5.40. The predicted octanol–water partition coefficient (Wildman–Crippen LogP) is 3.37. The van der Waals surface area contributed by atoms with Gasteiger partial charge in [0, 0.05) is 22.6 Å². The van der Waals surface area contributed by atoms with Crippen molar-refractivity contribution in [3.63, 3.8) is 0 Å². The fourth-order valence-electron chi connectivity index (χ4n) is 2.13. The number of anilines is 1. The van der Waals surface area contributed by atoms with Gasteiger partial charge in [-0.05, 0) is 25.1 Å². The summed E-state index contributed by atoms with van der Waals surface area (Å²) in [5, 5.41) is 6.16. The summed E-state index contributed by atoms with van der Waals surface area (Å²) < 4.78 is 2.41. The van der Waals surface area contributed by atoms with Crippen molar-refractivity contribution in [2.24, 2.45) is 0 Å². The Morgan fingerprint density at radius 3 is 3.00 bits per heavy atom. The first-order valence-corrected chi connectivity index (χ1v) is 9.76.